The molecule has 28 heavy (non-hydrogen) atoms. The number of esters is 1. The third kappa shape index (κ3) is 5.12. The summed E-state index contributed by atoms with van der Waals surface area (Å²) in [7, 11) is 2.05. The van der Waals surface area contributed by atoms with Crippen molar-refractivity contribution in [3.63, 3.8) is 0 Å². The lowest BCUT2D eigenvalue weighted by molar-refractivity contribution is -0.0491. The zero-order valence-corrected chi connectivity index (χ0v) is 16.6. The Bertz CT molecular complexity index is 764. The van der Waals surface area contributed by atoms with Crippen molar-refractivity contribution < 1.29 is 19.4 Å². The molecule has 0 radical (unpaired) electrons. The minimum absolute atomic E-state index is 0.0344. The molecule has 3 rings (SSSR count). The van der Waals surface area contributed by atoms with Gasteiger partial charge in [0, 0.05) is 12.6 Å². The van der Waals surface area contributed by atoms with Crippen LogP contribution in [0, 0.1) is 0 Å². The van der Waals surface area contributed by atoms with Gasteiger partial charge in [-0.2, -0.15) is 0 Å². The highest BCUT2D eigenvalue weighted by atomic mass is 16.5. The van der Waals surface area contributed by atoms with Crippen LogP contribution in [0.4, 0.5) is 0 Å². The highest BCUT2D eigenvalue weighted by molar-refractivity contribution is 5.89. The van der Waals surface area contributed by atoms with Gasteiger partial charge in [-0.05, 0) is 57.0 Å². The largest absolute Gasteiger partial charge is 0.488 e. The zero-order valence-electron chi connectivity index (χ0n) is 16.6. The Morgan fingerprint density at radius 3 is 2.68 bits per heavy atom. The van der Waals surface area contributed by atoms with E-state index in [2.05, 4.69) is 17.0 Å². The zero-order chi connectivity index (χ0) is 19.9. The Balaban J connectivity index is 1.65. The van der Waals surface area contributed by atoms with Crippen molar-refractivity contribution in [2.45, 2.75) is 51.0 Å². The summed E-state index contributed by atoms with van der Waals surface area (Å²) in [6.45, 7) is 2.90. The molecule has 1 aliphatic rings. The van der Waals surface area contributed by atoms with Gasteiger partial charge in [-0.3, -0.25) is 4.90 Å². The third-order valence-electron chi connectivity index (χ3n) is 5.24. The van der Waals surface area contributed by atoms with Gasteiger partial charge in [0.2, 0.25) is 0 Å². The van der Waals surface area contributed by atoms with Gasteiger partial charge < -0.3 is 14.6 Å². The van der Waals surface area contributed by atoms with Gasteiger partial charge in [-0.1, -0.05) is 36.4 Å². The number of hydrogen-bond donors (Lipinski definition) is 1. The van der Waals surface area contributed by atoms with Crippen LogP contribution in [-0.4, -0.2) is 47.9 Å². The monoisotopic (exact) mass is 383 g/mol. The second-order valence-corrected chi connectivity index (χ2v) is 7.29. The van der Waals surface area contributed by atoms with Crippen LogP contribution in [0.15, 0.2) is 54.6 Å². The summed E-state index contributed by atoms with van der Waals surface area (Å²) in [5.74, 6) is 0.221. The number of benzene rings is 2. The summed E-state index contributed by atoms with van der Waals surface area (Å²) in [5.41, 5.74) is 1.68. The van der Waals surface area contributed by atoms with E-state index in [9.17, 15) is 9.90 Å². The van der Waals surface area contributed by atoms with Crippen molar-refractivity contribution in [1.82, 2.24) is 4.90 Å². The molecule has 2 aromatic rings. The van der Waals surface area contributed by atoms with Gasteiger partial charge in [0.15, 0.2) is 0 Å². The van der Waals surface area contributed by atoms with Crippen LogP contribution in [0.25, 0.3) is 0 Å². The van der Waals surface area contributed by atoms with Crippen molar-refractivity contribution >= 4 is 5.97 Å². The minimum Gasteiger partial charge on any atom is -0.488 e. The Labute approximate surface area is 166 Å². The molecule has 1 fully saturated rings. The van der Waals surface area contributed by atoms with Crippen molar-refractivity contribution in [2.24, 2.45) is 0 Å². The molecule has 1 saturated carbocycles. The molecule has 0 heterocycles. The second kappa shape index (κ2) is 9.71. The molecule has 0 amide bonds. The van der Waals surface area contributed by atoms with E-state index < -0.39 is 6.10 Å². The highest BCUT2D eigenvalue weighted by Crippen LogP contribution is 2.28. The van der Waals surface area contributed by atoms with E-state index in [-0.39, 0.29) is 18.1 Å². The van der Waals surface area contributed by atoms with Crippen molar-refractivity contribution in [3.05, 3.63) is 65.7 Å². The average molecular weight is 383 g/mol. The number of carbonyl (C=O) groups excluding carboxylic acids is 1. The summed E-state index contributed by atoms with van der Waals surface area (Å²) in [5, 5.41) is 10.9. The quantitative estimate of drug-likeness (QED) is 0.740. The maximum atomic E-state index is 11.9. The van der Waals surface area contributed by atoms with Crippen LogP contribution < -0.4 is 4.74 Å². The molecule has 0 unspecified atom stereocenters. The molecule has 0 spiro atoms. The van der Waals surface area contributed by atoms with Crippen LogP contribution in [0.1, 0.15) is 42.1 Å². The molecule has 5 nitrogen and oxygen atoms in total. The van der Waals surface area contributed by atoms with Gasteiger partial charge in [-0.25, -0.2) is 4.79 Å². The molecule has 0 saturated heterocycles. The highest BCUT2D eigenvalue weighted by Gasteiger charge is 2.35. The number of nitrogens with zero attached hydrogens (tertiary/aromatic N) is 1. The molecular formula is C23H29NO4. The number of rotatable bonds is 7. The first-order valence-electron chi connectivity index (χ1n) is 9.94. The van der Waals surface area contributed by atoms with Crippen molar-refractivity contribution in [1.29, 1.82) is 0 Å². The lowest BCUT2D eigenvalue weighted by Crippen LogP contribution is -2.51. The molecule has 0 aliphatic heterocycles. The van der Waals surface area contributed by atoms with Gasteiger partial charge in [0.1, 0.15) is 18.0 Å². The Morgan fingerprint density at radius 1 is 1.14 bits per heavy atom. The first-order chi connectivity index (χ1) is 13.6. The van der Waals surface area contributed by atoms with E-state index in [1.807, 2.05) is 31.3 Å². The van der Waals surface area contributed by atoms with Crippen LogP contribution in [0.5, 0.6) is 5.75 Å². The molecule has 0 aromatic heterocycles. The van der Waals surface area contributed by atoms with Crippen LogP contribution in [-0.2, 0) is 11.3 Å². The lowest BCUT2D eigenvalue weighted by atomic mass is 9.88. The molecule has 150 valence electrons. The molecule has 1 N–H and O–H groups in total. The topological polar surface area (TPSA) is 59.0 Å². The Hall–Kier alpha value is -2.37. The summed E-state index contributed by atoms with van der Waals surface area (Å²) in [4.78, 5) is 14.1. The molecule has 3 atom stereocenters. The minimum atomic E-state index is -0.589. The SMILES string of the molecule is CCOC(=O)c1cccc(O[C@H]2CCC[C@@H](N(C)Cc3ccccc3)[C@@H]2O)c1. The Kier molecular flexibility index (Phi) is 7.06. The fourth-order valence-electron chi connectivity index (χ4n) is 3.80. The Morgan fingerprint density at radius 2 is 1.93 bits per heavy atom. The lowest BCUT2D eigenvalue weighted by Gasteiger charge is -2.39. The van der Waals surface area contributed by atoms with Crippen molar-refractivity contribution in [2.75, 3.05) is 13.7 Å². The molecule has 1 aliphatic carbocycles. The normalized spacial score (nSPS) is 22.1. The van der Waals surface area contributed by atoms with E-state index in [0.29, 0.717) is 17.9 Å². The van der Waals surface area contributed by atoms with Gasteiger partial charge in [0.05, 0.1) is 12.2 Å². The summed E-state index contributed by atoms with van der Waals surface area (Å²) < 4.78 is 11.1. The van der Waals surface area contributed by atoms with Gasteiger partial charge in [-0.15, -0.1) is 0 Å². The smallest absolute Gasteiger partial charge is 0.338 e. The van der Waals surface area contributed by atoms with E-state index in [0.717, 1.165) is 25.8 Å². The third-order valence-corrected chi connectivity index (χ3v) is 5.24. The predicted molar refractivity (Wildman–Crippen MR) is 108 cm³/mol. The van der Waals surface area contributed by atoms with Crippen LogP contribution in [0.2, 0.25) is 0 Å². The molecule has 5 heteroatoms. The fourth-order valence-corrected chi connectivity index (χ4v) is 3.80. The van der Waals surface area contributed by atoms with Crippen LogP contribution >= 0.6 is 0 Å². The molecular weight excluding hydrogens is 354 g/mol. The fraction of sp³-hybridized carbons (Fsp3) is 0.435. The van der Waals surface area contributed by atoms with Gasteiger partial charge >= 0.3 is 5.97 Å². The predicted octanol–water partition coefficient (Wildman–Crippen LogP) is 3.66. The number of ether oxygens (including phenoxy) is 2. The van der Waals surface area contributed by atoms with E-state index in [1.54, 1.807) is 25.1 Å². The van der Waals surface area contributed by atoms with E-state index in [1.165, 1.54) is 5.56 Å². The number of hydrogen-bond acceptors (Lipinski definition) is 5. The van der Waals surface area contributed by atoms with E-state index in [4.69, 9.17) is 9.47 Å². The maximum absolute atomic E-state index is 11.9. The number of aliphatic hydroxyl groups excluding tert-OH is 1. The average Bonchev–Trinajstić information content (AvgIpc) is 2.70. The number of carbonyl (C=O) groups is 1. The summed E-state index contributed by atoms with van der Waals surface area (Å²) >= 11 is 0. The molecule has 0 bridgehead atoms. The van der Waals surface area contributed by atoms with Crippen molar-refractivity contribution in [3.8, 4) is 5.75 Å². The van der Waals surface area contributed by atoms with Gasteiger partial charge in [0.25, 0.3) is 0 Å². The molecule has 2 aromatic carbocycles. The first-order valence-corrected chi connectivity index (χ1v) is 9.94. The maximum Gasteiger partial charge on any atom is 0.338 e. The summed E-state index contributed by atoms with van der Waals surface area (Å²) in [6.07, 6.45) is 1.83. The summed E-state index contributed by atoms with van der Waals surface area (Å²) in [6, 6.07) is 17.3. The van der Waals surface area contributed by atoms with Crippen LogP contribution in [0.3, 0.4) is 0 Å². The number of likely N-dealkylation sites (N-methyl/N-ethyl adjacent to an activating group) is 1. The standard InChI is InChI=1S/C23H29NO4/c1-3-27-23(26)18-11-7-12-19(15-18)28-21-14-8-13-20(22(21)25)24(2)16-17-9-5-4-6-10-17/h4-7,9-12,15,20-22,25H,3,8,13-14,16H2,1-2H3/t20-,21+,22+/m1/s1. The second-order valence-electron chi connectivity index (χ2n) is 7.29. The van der Waals surface area contributed by atoms with E-state index >= 15 is 0 Å². The first kappa shape index (κ1) is 20.4. The number of aliphatic hydroxyl groups is 1.